The topological polar surface area (TPSA) is 48.1 Å². The molecule has 0 radical (unpaired) electrons. The first-order valence-corrected chi connectivity index (χ1v) is 9.50. The molecule has 2 N–H and O–H groups in total. The maximum absolute atomic E-state index is 13.0. The number of hydrogen-bond donors (Lipinski definition) is 2. The number of H-pyrrole nitrogens is 1. The van der Waals surface area contributed by atoms with Crippen LogP contribution in [0, 0.1) is 11.7 Å². The number of aromatic amines is 1. The number of para-hydroxylation sites is 1. The van der Waals surface area contributed by atoms with E-state index in [-0.39, 0.29) is 11.7 Å². The van der Waals surface area contributed by atoms with Crippen LogP contribution in [0.1, 0.15) is 28.9 Å². The summed E-state index contributed by atoms with van der Waals surface area (Å²) in [5.41, 5.74) is 2.74. The molecule has 0 aliphatic carbocycles. The highest BCUT2D eigenvalue weighted by Crippen LogP contribution is 2.19. The molecule has 1 amide bonds. The zero-order valence-electron chi connectivity index (χ0n) is 15.2. The van der Waals surface area contributed by atoms with Gasteiger partial charge in [-0.15, -0.1) is 0 Å². The van der Waals surface area contributed by atoms with E-state index >= 15 is 0 Å². The number of rotatable bonds is 5. The van der Waals surface area contributed by atoms with E-state index in [4.69, 9.17) is 0 Å². The number of hydrogen-bond acceptors (Lipinski definition) is 2. The predicted octanol–water partition coefficient (Wildman–Crippen LogP) is 3.95. The van der Waals surface area contributed by atoms with Crippen LogP contribution < -0.4 is 5.32 Å². The van der Waals surface area contributed by atoms with Gasteiger partial charge in [0.1, 0.15) is 11.5 Å². The van der Waals surface area contributed by atoms with Gasteiger partial charge in [-0.1, -0.05) is 30.3 Å². The third-order valence-electron chi connectivity index (χ3n) is 5.35. The molecule has 0 saturated carbocycles. The zero-order chi connectivity index (χ0) is 18.6. The number of carbonyl (C=O) groups excluding carboxylic acids is 1. The van der Waals surface area contributed by atoms with Gasteiger partial charge in [-0.25, -0.2) is 4.39 Å². The molecule has 4 nitrogen and oxygen atoms in total. The van der Waals surface area contributed by atoms with Gasteiger partial charge in [0, 0.05) is 24.0 Å². The summed E-state index contributed by atoms with van der Waals surface area (Å²) in [7, 11) is 0. The number of nitrogens with zero attached hydrogens (tertiary/aromatic N) is 1. The van der Waals surface area contributed by atoms with Crippen molar-refractivity contribution >= 4 is 16.8 Å². The molecule has 2 heterocycles. The van der Waals surface area contributed by atoms with Crippen LogP contribution in [0.3, 0.4) is 0 Å². The van der Waals surface area contributed by atoms with Crippen LogP contribution >= 0.6 is 0 Å². The normalized spacial score (nSPS) is 15.9. The number of likely N-dealkylation sites (tertiary alicyclic amines) is 1. The Bertz CT molecular complexity index is 878. The summed E-state index contributed by atoms with van der Waals surface area (Å²) in [4.78, 5) is 18.0. The second-order valence-corrected chi connectivity index (χ2v) is 7.33. The largest absolute Gasteiger partial charge is 0.351 e. The van der Waals surface area contributed by atoms with Gasteiger partial charge in [0.25, 0.3) is 5.91 Å². The van der Waals surface area contributed by atoms with Gasteiger partial charge in [-0.2, -0.15) is 0 Å². The Labute approximate surface area is 158 Å². The van der Waals surface area contributed by atoms with Crippen molar-refractivity contribution in [3.05, 3.63) is 71.7 Å². The van der Waals surface area contributed by atoms with Gasteiger partial charge < -0.3 is 10.3 Å². The minimum atomic E-state index is -0.192. The Kier molecular flexibility index (Phi) is 5.21. The van der Waals surface area contributed by atoms with Crippen LogP contribution in [0.5, 0.6) is 0 Å². The van der Waals surface area contributed by atoms with Gasteiger partial charge >= 0.3 is 0 Å². The van der Waals surface area contributed by atoms with E-state index in [9.17, 15) is 9.18 Å². The number of nitrogens with one attached hydrogen (secondary N) is 2. The molecule has 3 aromatic rings. The summed E-state index contributed by atoms with van der Waals surface area (Å²) >= 11 is 0. The molecule has 5 heteroatoms. The first kappa shape index (κ1) is 17.7. The second kappa shape index (κ2) is 7.92. The molecule has 4 rings (SSSR count). The van der Waals surface area contributed by atoms with Gasteiger partial charge in [0.15, 0.2) is 0 Å². The SMILES string of the molecule is O=C(NCC1CCN(Cc2ccc(F)cc2)CC1)c1cc2ccccc2[nH]1. The molecular formula is C22H24FN3O. The molecule has 1 aliphatic rings. The van der Waals surface area contributed by atoms with Crippen molar-refractivity contribution < 1.29 is 9.18 Å². The Morgan fingerprint density at radius 2 is 1.85 bits per heavy atom. The van der Waals surface area contributed by atoms with Crippen LogP contribution in [0.4, 0.5) is 4.39 Å². The van der Waals surface area contributed by atoms with E-state index in [1.54, 1.807) is 0 Å². The molecular weight excluding hydrogens is 341 g/mol. The molecule has 0 unspecified atom stereocenters. The summed E-state index contributed by atoms with van der Waals surface area (Å²) in [6.07, 6.45) is 2.13. The summed E-state index contributed by atoms with van der Waals surface area (Å²) < 4.78 is 13.0. The van der Waals surface area contributed by atoms with E-state index in [0.717, 1.165) is 48.9 Å². The number of fused-ring (bicyclic) bond motifs is 1. The van der Waals surface area contributed by atoms with Crippen molar-refractivity contribution in [3.8, 4) is 0 Å². The highest BCUT2D eigenvalue weighted by molar-refractivity contribution is 5.97. The first-order chi connectivity index (χ1) is 13.2. The minimum Gasteiger partial charge on any atom is -0.351 e. The van der Waals surface area contributed by atoms with Crippen LogP contribution in [0.25, 0.3) is 10.9 Å². The molecule has 27 heavy (non-hydrogen) atoms. The lowest BCUT2D eigenvalue weighted by Gasteiger charge is -2.32. The molecule has 1 aromatic heterocycles. The fourth-order valence-corrected chi connectivity index (χ4v) is 3.72. The summed E-state index contributed by atoms with van der Waals surface area (Å²) in [6, 6.07) is 16.5. The average Bonchev–Trinajstić information content (AvgIpc) is 3.13. The van der Waals surface area contributed by atoms with E-state index in [0.29, 0.717) is 18.2 Å². The molecule has 0 spiro atoms. The van der Waals surface area contributed by atoms with Crippen molar-refractivity contribution in [1.82, 2.24) is 15.2 Å². The fourth-order valence-electron chi connectivity index (χ4n) is 3.72. The van der Waals surface area contributed by atoms with E-state index in [1.807, 2.05) is 42.5 Å². The lowest BCUT2D eigenvalue weighted by molar-refractivity contribution is 0.0931. The van der Waals surface area contributed by atoms with Gasteiger partial charge in [0.2, 0.25) is 0 Å². The maximum Gasteiger partial charge on any atom is 0.267 e. The molecule has 1 saturated heterocycles. The number of halogens is 1. The molecule has 1 fully saturated rings. The van der Waals surface area contributed by atoms with Crippen LogP contribution in [-0.4, -0.2) is 35.4 Å². The molecule has 1 aliphatic heterocycles. The summed E-state index contributed by atoms with van der Waals surface area (Å²) in [5, 5.41) is 4.12. The molecule has 0 atom stereocenters. The molecule has 2 aromatic carbocycles. The zero-order valence-corrected chi connectivity index (χ0v) is 15.2. The van der Waals surface area contributed by atoms with Gasteiger partial charge in [-0.3, -0.25) is 9.69 Å². The van der Waals surface area contributed by atoms with E-state index < -0.39 is 0 Å². The van der Waals surface area contributed by atoms with Crippen molar-refractivity contribution in [1.29, 1.82) is 0 Å². The number of benzene rings is 2. The van der Waals surface area contributed by atoms with Crippen molar-refractivity contribution in [2.45, 2.75) is 19.4 Å². The third kappa shape index (κ3) is 4.37. The van der Waals surface area contributed by atoms with Crippen molar-refractivity contribution in [3.63, 3.8) is 0 Å². The van der Waals surface area contributed by atoms with Crippen LogP contribution in [0.2, 0.25) is 0 Å². The predicted molar refractivity (Wildman–Crippen MR) is 105 cm³/mol. The number of aromatic nitrogens is 1. The van der Waals surface area contributed by atoms with Crippen molar-refractivity contribution in [2.24, 2.45) is 5.92 Å². The Morgan fingerprint density at radius 3 is 2.59 bits per heavy atom. The Balaban J connectivity index is 1.24. The molecule has 140 valence electrons. The lowest BCUT2D eigenvalue weighted by Crippen LogP contribution is -2.38. The minimum absolute atomic E-state index is 0.0417. The second-order valence-electron chi connectivity index (χ2n) is 7.33. The fraction of sp³-hybridized carbons (Fsp3) is 0.318. The summed E-state index contributed by atoms with van der Waals surface area (Å²) in [5.74, 6) is 0.269. The standard InChI is InChI=1S/C22H24FN3O/c23-19-7-5-17(6-8-19)15-26-11-9-16(10-12-26)14-24-22(27)21-13-18-3-1-2-4-20(18)25-21/h1-8,13,16,25H,9-12,14-15H2,(H,24,27). The number of carbonyl (C=O) groups is 1. The highest BCUT2D eigenvalue weighted by atomic mass is 19.1. The highest BCUT2D eigenvalue weighted by Gasteiger charge is 2.20. The maximum atomic E-state index is 13.0. The third-order valence-corrected chi connectivity index (χ3v) is 5.35. The van der Waals surface area contributed by atoms with Gasteiger partial charge in [-0.05, 0) is 61.7 Å². The number of piperidine rings is 1. The van der Waals surface area contributed by atoms with Crippen LogP contribution in [0.15, 0.2) is 54.6 Å². The Morgan fingerprint density at radius 1 is 1.11 bits per heavy atom. The van der Waals surface area contributed by atoms with E-state index in [1.165, 1.54) is 12.1 Å². The molecule has 0 bridgehead atoms. The van der Waals surface area contributed by atoms with Crippen LogP contribution in [-0.2, 0) is 6.54 Å². The smallest absolute Gasteiger partial charge is 0.267 e. The monoisotopic (exact) mass is 365 g/mol. The number of amides is 1. The Hall–Kier alpha value is -2.66. The van der Waals surface area contributed by atoms with E-state index in [2.05, 4.69) is 15.2 Å². The first-order valence-electron chi connectivity index (χ1n) is 9.50. The quantitative estimate of drug-likeness (QED) is 0.719. The van der Waals surface area contributed by atoms with Crippen molar-refractivity contribution in [2.75, 3.05) is 19.6 Å². The lowest BCUT2D eigenvalue weighted by atomic mass is 9.96. The van der Waals surface area contributed by atoms with Gasteiger partial charge in [0.05, 0.1) is 0 Å². The average molecular weight is 365 g/mol. The summed E-state index contributed by atoms with van der Waals surface area (Å²) in [6.45, 7) is 3.57.